The molecule has 0 saturated heterocycles. The Hall–Kier alpha value is -2.11. The molecule has 1 atom stereocenters. The Labute approximate surface area is 104 Å². The fourth-order valence-electron chi connectivity index (χ4n) is 1.85. The Morgan fingerprint density at radius 3 is 2.94 bits per heavy atom. The highest BCUT2D eigenvalue weighted by atomic mass is 16.4. The second-order valence-electron chi connectivity index (χ2n) is 4.63. The van der Waals surface area contributed by atoms with Crippen LogP contribution in [0.15, 0.2) is 18.6 Å². The third-order valence-corrected chi connectivity index (χ3v) is 2.67. The summed E-state index contributed by atoms with van der Waals surface area (Å²) in [6.45, 7) is 3.98. The lowest BCUT2D eigenvalue weighted by Crippen LogP contribution is -2.31. The maximum atomic E-state index is 11.2. The number of anilines is 1. The van der Waals surface area contributed by atoms with Crippen molar-refractivity contribution in [2.45, 2.75) is 26.3 Å². The molecule has 0 aliphatic carbocycles. The molecule has 0 unspecified atom stereocenters. The van der Waals surface area contributed by atoms with Gasteiger partial charge in [-0.2, -0.15) is 0 Å². The van der Waals surface area contributed by atoms with Gasteiger partial charge < -0.3 is 15.4 Å². The summed E-state index contributed by atoms with van der Waals surface area (Å²) in [5.74, 6) is -0.0255. The molecule has 18 heavy (non-hydrogen) atoms. The number of rotatable bonds is 5. The SMILES string of the molecule is CC(C)C[C@@H](Nc1ncnc2[nH]ccc12)C(=O)O. The summed E-state index contributed by atoms with van der Waals surface area (Å²) in [5.41, 5.74) is 0.696. The quantitative estimate of drug-likeness (QED) is 0.751. The van der Waals surface area contributed by atoms with Crippen LogP contribution in [0.2, 0.25) is 0 Å². The first-order valence-electron chi connectivity index (χ1n) is 5.85. The molecule has 96 valence electrons. The second-order valence-corrected chi connectivity index (χ2v) is 4.63. The van der Waals surface area contributed by atoms with Crippen molar-refractivity contribution in [3.63, 3.8) is 0 Å². The van der Waals surface area contributed by atoms with Gasteiger partial charge in [0.25, 0.3) is 0 Å². The highest BCUT2D eigenvalue weighted by molar-refractivity contribution is 5.89. The number of carboxylic acid groups (broad SMARTS) is 1. The van der Waals surface area contributed by atoms with Gasteiger partial charge in [-0.05, 0) is 18.4 Å². The highest BCUT2D eigenvalue weighted by Crippen LogP contribution is 2.19. The first-order chi connectivity index (χ1) is 8.58. The normalized spacial score (nSPS) is 12.8. The van der Waals surface area contributed by atoms with E-state index in [0.717, 1.165) is 5.39 Å². The molecule has 0 radical (unpaired) electrons. The Morgan fingerprint density at radius 1 is 1.50 bits per heavy atom. The van der Waals surface area contributed by atoms with Gasteiger partial charge in [0.1, 0.15) is 23.8 Å². The number of H-pyrrole nitrogens is 1. The topological polar surface area (TPSA) is 90.9 Å². The van der Waals surface area contributed by atoms with Crippen molar-refractivity contribution in [3.05, 3.63) is 18.6 Å². The molecule has 6 nitrogen and oxygen atoms in total. The molecular formula is C12H16N4O2. The minimum Gasteiger partial charge on any atom is -0.480 e. The van der Waals surface area contributed by atoms with Crippen LogP contribution < -0.4 is 5.32 Å². The van der Waals surface area contributed by atoms with E-state index in [0.29, 0.717) is 23.8 Å². The van der Waals surface area contributed by atoms with E-state index >= 15 is 0 Å². The minimum absolute atomic E-state index is 0.294. The number of fused-ring (bicyclic) bond motifs is 1. The Balaban J connectivity index is 2.25. The number of hydrogen-bond acceptors (Lipinski definition) is 4. The van der Waals surface area contributed by atoms with Crippen LogP contribution in [0.4, 0.5) is 5.82 Å². The van der Waals surface area contributed by atoms with Gasteiger partial charge >= 0.3 is 5.97 Å². The number of aromatic amines is 1. The number of aliphatic carboxylic acids is 1. The average molecular weight is 248 g/mol. The molecule has 2 rings (SSSR count). The average Bonchev–Trinajstić information content (AvgIpc) is 2.76. The molecule has 0 amide bonds. The van der Waals surface area contributed by atoms with Crippen LogP contribution in [0.3, 0.4) is 0 Å². The van der Waals surface area contributed by atoms with Crippen molar-refractivity contribution in [2.75, 3.05) is 5.32 Å². The first kappa shape index (κ1) is 12.3. The van der Waals surface area contributed by atoms with Gasteiger partial charge in [0.2, 0.25) is 0 Å². The Kier molecular flexibility index (Phi) is 3.45. The van der Waals surface area contributed by atoms with Crippen LogP contribution in [0.25, 0.3) is 11.0 Å². The lowest BCUT2D eigenvalue weighted by Gasteiger charge is -2.17. The summed E-state index contributed by atoms with van der Waals surface area (Å²) < 4.78 is 0. The van der Waals surface area contributed by atoms with E-state index in [4.69, 9.17) is 0 Å². The van der Waals surface area contributed by atoms with Gasteiger partial charge in [0.15, 0.2) is 0 Å². The summed E-state index contributed by atoms with van der Waals surface area (Å²) >= 11 is 0. The fraction of sp³-hybridized carbons (Fsp3) is 0.417. The number of carbonyl (C=O) groups is 1. The Bertz CT molecular complexity index is 550. The number of aromatic nitrogens is 3. The third-order valence-electron chi connectivity index (χ3n) is 2.67. The van der Waals surface area contributed by atoms with Crippen molar-refractivity contribution in [1.29, 1.82) is 0 Å². The molecule has 0 bridgehead atoms. The molecule has 2 aromatic heterocycles. The van der Waals surface area contributed by atoms with Crippen LogP contribution in [-0.4, -0.2) is 32.1 Å². The summed E-state index contributed by atoms with van der Waals surface area (Å²) in [7, 11) is 0. The molecule has 0 saturated carbocycles. The van der Waals surface area contributed by atoms with Gasteiger partial charge in [-0.1, -0.05) is 13.8 Å². The maximum absolute atomic E-state index is 11.2. The summed E-state index contributed by atoms with van der Waals surface area (Å²) in [6.07, 6.45) is 3.71. The van der Waals surface area contributed by atoms with Crippen LogP contribution in [0.1, 0.15) is 20.3 Å². The van der Waals surface area contributed by atoms with E-state index in [9.17, 15) is 9.90 Å². The monoisotopic (exact) mass is 248 g/mol. The van der Waals surface area contributed by atoms with Gasteiger partial charge in [0.05, 0.1) is 5.39 Å². The van der Waals surface area contributed by atoms with Gasteiger partial charge in [-0.25, -0.2) is 14.8 Å². The number of nitrogens with one attached hydrogen (secondary N) is 2. The van der Waals surface area contributed by atoms with E-state index < -0.39 is 12.0 Å². The first-order valence-corrected chi connectivity index (χ1v) is 5.85. The van der Waals surface area contributed by atoms with Crippen molar-refractivity contribution >= 4 is 22.8 Å². The largest absolute Gasteiger partial charge is 0.480 e. The highest BCUT2D eigenvalue weighted by Gasteiger charge is 2.20. The Morgan fingerprint density at radius 2 is 2.28 bits per heavy atom. The smallest absolute Gasteiger partial charge is 0.326 e. The molecule has 3 N–H and O–H groups in total. The third kappa shape index (κ3) is 2.58. The predicted octanol–water partition coefficient (Wildman–Crippen LogP) is 1.87. The number of hydrogen-bond donors (Lipinski definition) is 3. The molecule has 0 aliphatic rings. The van der Waals surface area contributed by atoms with E-state index in [2.05, 4.69) is 20.3 Å². The standard InChI is InChI=1S/C12H16N4O2/c1-7(2)5-9(12(17)18)16-11-8-3-4-13-10(8)14-6-15-11/h3-4,6-7,9H,5H2,1-2H3,(H,17,18)(H2,13,14,15,16)/t9-/m1/s1. The van der Waals surface area contributed by atoms with Crippen molar-refractivity contribution < 1.29 is 9.90 Å². The number of nitrogens with zero attached hydrogens (tertiary/aromatic N) is 2. The zero-order valence-electron chi connectivity index (χ0n) is 10.3. The molecule has 2 heterocycles. The van der Waals surface area contributed by atoms with Gasteiger partial charge in [-0.3, -0.25) is 0 Å². The van der Waals surface area contributed by atoms with E-state index in [1.54, 1.807) is 6.20 Å². The van der Waals surface area contributed by atoms with Crippen LogP contribution >= 0.6 is 0 Å². The molecular weight excluding hydrogens is 232 g/mol. The summed E-state index contributed by atoms with van der Waals surface area (Å²) in [5, 5.41) is 13.0. The van der Waals surface area contributed by atoms with E-state index in [-0.39, 0.29) is 0 Å². The van der Waals surface area contributed by atoms with Gasteiger partial charge in [-0.15, -0.1) is 0 Å². The number of carboxylic acids is 1. The van der Waals surface area contributed by atoms with Crippen molar-refractivity contribution in [1.82, 2.24) is 15.0 Å². The summed E-state index contributed by atoms with van der Waals surface area (Å²) in [4.78, 5) is 22.3. The molecule has 0 spiro atoms. The van der Waals surface area contributed by atoms with Gasteiger partial charge in [0, 0.05) is 6.20 Å². The predicted molar refractivity (Wildman–Crippen MR) is 68.4 cm³/mol. The summed E-state index contributed by atoms with van der Waals surface area (Å²) in [6, 6.07) is 1.18. The van der Waals surface area contributed by atoms with Crippen LogP contribution in [-0.2, 0) is 4.79 Å². The van der Waals surface area contributed by atoms with E-state index in [1.165, 1.54) is 6.33 Å². The molecule has 0 fully saturated rings. The lowest BCUT2D eigenvalue weighted by molar-refractivity contribution is -0.138. The second kappa shape index (κ2) is 5.03. The van der Waals surface area contributed by atoms with Crippen molar-refractivity contribution in [2.24, 2.45) is 5.92 Å². The molecule has 0 aliphatic heterocycles. The maximum Gasteiger partial charge on any atom is 0.326 e. The minimum atomic E-state index is -0.869. The molecule has 2 aromatic rings. The van der Waals surface area contributed by atoms with Crippen molar-refractivity contribution in [3.8, 4) is 0 Å². The fourth-order valence-corrected chi connectivity index (χ4v) is 1.85. The lowest BCUT2D eigenvalue weighted by atomic mass is 10.0. The zero-order valence-corrected chi connectivity index (χ0v) is 10.3. The molecule has 6 heteroatoms. The van der Waals surface area contributed by atoms with Crippen LogP contribution in [0.5, 0.6) is 0 Å². The zero-order chi connectivity index (χ0) is 13.1. The van der Waals surface area contributed by atoms with E-state index in [1.807, 2.05) is 19.9 Å². The van der Waals surface area contributed by atoms with Crippen LogP contribution in [0, 0.1) is 5.92 Å². The molecule has 0 aromatic carbocycles.